The van der Waals surface area contributed by atoms with Gasteiger partial charge in [0.05, 0.1) is 29.5 Å². The van der Waals surface area contributed by atoms with E-state index < -0.39 is 51.7 Å². The standard InChI is InChI=1S/C22H34O7/c1-10(23)28-13-8-21-9-19(4,25)11(16(21)24)6-7-12(21)20(5,26)15-14-17(29-14)18(2,3)22(13,15)27/h11-17,24-27H,6-9H2,1-5H3/t11-,12-,13+,14-,15-,16-,17-,19+,20+,21+,22+/m0/s1. The second-order valence-electron chi connectivity index (χ2n) is 11.5. The summed E-state index contributed by atoms with van der Waals surface area (Å²) in [6.45, 7) is 8.62. The van der Waals surface area contributed by atoms with Crippen LogP contribution in [0, 0.1) is 28.6 Å². The normalized spacial score (nSPS) is 61.9. The van der Waals surface area contributed by atoms with Gasteiger partial charge in [-0.25, -0.2) is 0 Å². The van der Waals surface area contributed by atoms with Crippen LogP contribution in [-0.2, 0) is 14.3 Å². The highest BCUT2D eigenvalue weighted by molar-refractivity contribution is 5.66. The van der Waals surface area contributed by atoms with Crippen LogP contribution >= 0.6 is 0 Å². The van der Waals surface area contributed by atoms with Crippen molar-refractivity contribution >= 4 is 5.97 Å². The maximum Gasteiger partial charge on any atom is 0.303 e. The van der Waals surface area contributed by atoms with Crippen LogP contribution in [0.3, 0.4) is 0 Å². The van der Waals surface area contributed by atoms with Crippen molar-refractivity contribution in [3.8, 4) is 0 Å². The minimum absolute atomic E-state index is 0.205. The average molecular weight is 411 g/mol. The van der Waals surface area contributed by atoms with Gasteiger partial charge < -0.3 is 29.9 Å². The Kier molecular flexibility index (Phi) is 3.73. The number of carbonyl (C=O) groups excluding carboxylic acids is 1. The number of carbonyl (C=O) groups is 1. The molecule has 164 valence electrons. The number of esters is 1. The molecule has 0 aromatic rings. The van der Waals surface area contributed by atoms with Crippen molar-refractivity contribution in [1.82, 2.24) is 0 Å². The molecule has 4 saturated carbocycles. The van der Waals surface area contributed by atoms with Gasteiger partial charge in [-0.05, 0) is 45.4 Å². The molecule has 0 aromatic heterocycles. The van der Waals surface area contributed by atoms with E-state index in [1.54, 1.807) is 13.8 Å². The maximum atomic E-state index is 12.2. The molecule has 0 unspecified atom stereocenters. The highest BCUT2D eigenvalue weighted by Crippen LogP contribution is 2.73. The summed E-state index contributed by atoms with van der Waals surface area (Å²) in [7, 11) is 0. The molecule has 5 aliphatic rings. The minimum atomic E-state index is -1.49. The van der Waals surface area contributed by atoms with Crippen LogP contribution in [0.25, 0.3) is 0 Å². The number of hydrogen-bond donors (Lipinski definition) is 4. The summed E-state index contributed by atoms with van der Waals surface area (Å²) in [6.07, 6.45) is -0.461. The number of aliphatic hydroxyl groups is 4. The third kappa shape index (κ3) is 2.14. The van der Waals surface area contributed by atoms with Crippen LogP contribution in [0.15, 0.2) is 0 Å². The smallest absolute Gasteiger partial charge is 0.303 e. The van der Waals surface area contributed by atoms with Crippen molar-refractivity contribution < 1.29 is 34.7 Å². The molecule has 2 bridgehead atoms. The van der Waals surface area contributed by atoms with E-state index in [0.29, 0.717) is 19.3 Å². The van der Waals surface area contributed by atoms with Crippen LogP contribution < -0.4 is 0 Å². The molecule has 0 amide bonds. The van der Waals surface area contributed by atoms with E-state index in [2.05, 4.69) is 0 Å². The highest BCUT2D eigenvalue weighted by atomic mass is 16.6. The molecular formula is C22H34O7. The monoisotopic (exact) mass is 410 g/mol. The van der Waals surface area contributed by atoms with Crippen molar-refractivity contribution in [2.75, 3.05) is 0 Å². The third-order valence-corrected chi connectivity index (χ3v) is 9.69. The fraction of sp³-hybridized carbons (Fsp3) is 0.955. The largest absolute Gasteiger partial charge is 0.459 e. The van der Waals surface area contributed by atoms with Crippen molar-refractivity contribution in [2.45, 2.75) is 102 Å². The van der Waals surface area contributed by atoms with E-state index in [4.69, 9.17) is 9.47 Å². The fourth-order valence-electron chi connectivity index (χ4n) is 8.56. The molecule has 5 rings (SSSR count). The molecule has 1 heterocycles. The van der Waals surface area contributed by atoms with Gasteiger partial charge >= 0.3 is 5.97 Å². The molecule has 5 fully saturated rings. The van der Waals surface area contributed by atoms with Crippen LogP contribution in [0.1, 0.15) is 60.3 Å². The van der Waals surface area contributed by atoms with Gasteiger partial charge in [-0.15, -0.1) is 0 Å². The summed E-state index contributed by atoms with van der Waals surface area (Å²) in [6, 6.07) is 0. The molecule has 4 aliphatic carbocycles. The predicted octanol–water partition coefficient (Wildman–Crippen LogP) is 0.755. The van der Waals surface area contributed by atoms with E-state index in [1.165, 1.54) is 6.92 Å². The zero-order valence-corrected chi connectivity index (χ0v) is 17.9. The van der Waals surface area contributed by atoms with Gasteiger partial charge in [0.2, 0.25) is 0 Å². The first-order valence-electron chi connectivity index (χ1n) is 10.9. The zero-order chi connectivity index (χ0) is 21.4. The Balaban J connectivity index is 1.71. The summed E-state index contributed by atoms with van der Waals surface area (Å²) in [5, 5.41) is 46.6. The lowest BCUT2D eigenvalue weighted by atomic mass is 9.57. The molecule has 0 aromatic carbocycles. The number of hydrogen-bond acceptors (Lipinski definition) is 7. The lowest BCUT2D eigenvalue weighted by molar-refractivity contribution is -0.230. The van der Waals surface area contributed by atoms with Gasteiger partial charge in [0.25, 0.3) is 0 Å². The van der Waals surface area contributed by atoms with Crippen molar-refractivity contribution in [3.05, 3.63) is 0 Å². The number of aliphatic hydroxyl groups excluding tert-OH is 1. The van der Waals surface area contributed by atoms with Crippen LogP contribution in [-0.4, -0.2) is 67.6 Å². The van der Waals surface area contributed by atoms with E-state index in [9.17, 15) is 25.2 Å². The second kappa shape index (κ2) is 5.36. The van der Waals surface area contributed by atoms with E-state index in [0.717, 1.165) is 0 Å². The van der Waals surface area contributed by atoms with Crippen molar-refractivity contribution in [3.63, 3.8) is 0 Å². The Hall–Kier alpha value is -0.730. The number of epoxide rings is 1. The van der Waals surface area contributed by atoms with Gasteiger partial charge in [-0.1, -0.05) is 13.8 Å². The summed E-state index contributed by atoms with van der Waals surface area (Å²) in [5.41, 5.74) is -5.48. The molecule has 7 heteroatoms. The average Bonchev–Trinajstić information content (AvgIpc) is 3.29. The summed E-state index contributed by atoms with van der Waals surface area (Å²) < 4.78 is 11.6. The number of rotatable bonds is 1. The second-order valence-corrected chi connectivity index (χ2v) is 11.5. The first-order valence-corrected chi connectivity index (χ1v) is 10.9. The Morgan fingerprint density at radius 1 is 1.10 bits per heavy atom. The Morgan fingerprint density at radius 2 is 1.76 bits per heavy atom. The molecule has 4 N–H and O–H groups in total. The molecule has 1 saturated heterocycles. The fourth-order valence-corrected chi connectivity index (χ4v) is 8.56. The summed E-state index contributed by atoms with van der Waals surface area (Å²) in [5.74, 6) is -1.78. The van der Waals surface area contributed by atoms with Gasteiger partial charge in [-0.2, -0.15) is 0 Å². The first kappa shape index (κ1) is 20.2. The summed E-state index contributed by atoms with van der Waals surface area (Å²) in [4.78, 5) is 12.1. The van der Waals surface area contributed by atoms with E-state index >= 15 is 0 Å². The lowest BCUT2D eigenvalue weighted by Crippen LogP contribution is -2.63. The van der Waals surface area contributed by atoms with E-state index in [-0.39, 0.29) is 30.5 Å². The van der Waals surface area contributed by atoms with Crippen LogP contribution in [0.4, 0.5) is 0 Å². The lowest BCUT2D eigenvalue weighted by Gasteiger charge is -2.51. The van der Waals surface area contributed by atoms with Crippen LogP contribution in [0.2, 0.25) is 0 Å². The number of ether oxygens (including phenoxy) is 2. The predicted molar refractivity (Wildman–Crippen MR) is 102 cm³/mol. The third-order valence-electron chi connectivity index (χ3n) is 9.69. The SMILES string of the molecule is CC(=O)O[C@@H]1C[C@@]23C[C@@](C)(O)[C@@H](CC[C@H]2[C@@](C)(O)[C@@H]2[C@@H]4O[C@@H]4C(C)(C)[C@@]12O)[C@@H]3O. The molecule has 11 atom stereocenters. The van der Waals surface area contributed by atoms with Crippen molar-refractivity contribution in [2.24, 2.45) is 28.6 Å². The topological polar surface area (TPSA) is 120 Å². The quantitative estimate of drug-likeness (QED) is 0.372. The van der Waals surface area contributed by atoms with Crippen LogP contribution in [0.5, 0.6) is 0 Å². The number of fused-ring (bicyclic) bond motifs is 4. The highest BCUT2D eigenvalue weighted by Gasteiger charge is 2.83. The minimum Gasteiger partial charge on any atom is -0.459 e. The Labute approximate surface area is 171 Å². The van der Waals surface area contributed by atoms with Gasteiger partial charge in [0.15, 0.2) is 0 Å². The van der Waals surface area contributed by atoms with Gasteiger partial charge in [0, 0.05) is 29.6 Å². The van der Waals surface area contributed by atoms with Crippen molar-refractivity contribution in [1.29, 1.82) is 0 Å². The molecule has 29 heavy (non-hydrogen) atoms. The van der Waals surface area contributed by atoms with Gasteiger partial charge in [0.1, 0.15) is 11.7 Å². The Bertz CT molecular complexity index is 760. The molecule has 7 nitrogen and oxygen atoms in total. The zero-order valence-electron chi connectivity index (χ0n) is 17.9. The molecule has 0 radical (unpaired) electrons. The maximum absolute atomic E-state index is 12.2. The molecule has 1 spiro atoms. The van der Waals surface area contributed by atoms with E-state index in [1.807, 2.05) is 13.8 Å². The van der Waals surface area contributed by atoms with Gasteiger partial charge in [-0.3, -0.25) is 4.79 Å². The first-order chi connectivity index (χ1) is 13.2. The molecule has 1 aliphatic heterocycles. The Morgan fingerprint density at radius 3 is 2.38 bits per heavy atom. The summed E-state index contributed by atoms with van der Waals surface area (Å²) >= 11 is 0. The molecular weight excluding hydrogens is 376 g/mol.